The minimum Gasteiger partial charge on any atom is -0.325 e. The summed E-state index contributed by atoms with van der Waals surface area (Å²) in [5.41, 5.74) is 1.80. The molecule has 2 rings (SSSR count). The molecule has 0 aliphatic carbocycles. The minimum atomic E-state index is -3.75. The summed E-state index contributed by atoms with van der Waals surface area (Å²) in [6.07, 6.45) is 1.84. The maximum absolute atomic E-state index is 13.3. The number of hydrogen-bond acceptors (Lipinski definition) is 3. The third-order valence-corrected chi connectivity index (χ3v) is 4.95. The van der Waals surface area contributed by atoms with Crippen LogP contribution in [0.2, 0.25) is 5.02 Å². The molecule has 0 aliphatic heterocycles. The molecule has 134 valence electrons. The summed E-state index contributed by atoms with van der Waals surface area (Å²) >= 11 is 5.71. The second-order valence-corrected chi connectivity index (χ2v) is 7.78. The fourth-order valence-corrected chi connectivity index (χ4v) is 3.22. The fraction of sp³-hybridized carbons (Fsp3) is 0.235. The van der Waals surface area contributed by atoms with Crippen LogP contribution in [0.4, 0.5) is 15.8 Å². The molecule has 2 aromatic rings. The first-order valence-electron chi connectivity index (χ1n) is 7.52. The molecule has 0 saturated carbocycles. The van der Waals surface area contributed by atoms with Gasteiger partial charge in [-0.15, -0.1) is 0 Å². The van der Waals surface area contributed by atoms with Crippen LogP contribution in [-0.4, -0.2) is 27.1 Å². The normalized spacial score (nSPS) is 11.2. The van der Waals surface area contributed by atoms with Gasteiger partial charge in [-0.2, -0.15) is 0 Å². The lowest BCUT2D eigenvalue weighted by atomic mass is 10.1. The average molecular weight is 385 g/mol. The van der Waals surface area contributed by atoms with Crippen molar-refractivity contribution in [3.8, 4) is 0 Å². The summed E-state index contributed by atoms with van der Waals surface area (Å²) in [7, 11) is -3.75. The molecular formula is C17H18ClFN2O3S. The predicted molar refractivity (Wildman–Crippen MR) is 98.0 cm³/mol. The molecule has 25 heavy (non-hydrogen) atoms. The molecule has 0 bridgehead atoms. The van der Waals surface area contributed by atoms with Gasteiger partial charge >= 0.3 is 0 Å². The van der Waals surface area contributed by atoms with Crippen LogP contribution in [0.1, 0.15) is 12.5 Å². The Balaban J connectivity index is 2.18. The molecular weight excluding hydrogens is 367 g/mol. The van der Waals surface area contributed by atoms with Crippen molar-refractivity contribution < 1.29 is 17.6 Å². The van der Waals surface area contributed by atoms with E-state index in [9.17, 15) is 17.6 Å². The van der Waals surface area contributed by atoms with Crippen molar-refractivity contribution in [2.24, 2.45) is 0 Å². The second kappa shape index (κ2) is 7.84. The summed E-state index contributed by atoms with van der Waals surface area (Å²) in [6, 6.07) is 10.7. The lowest BCUT2D eigenvalue weighted by Gasteiger charge is -2.22. The van der Waals surface area contributed by atoms with E-state index >= 15 is 0 Å². The van der Waals surface area contributed by atoms with Crippen LogP contribution in [0.15, 0.2) is 42.5 Å². The summed E-state index contributed by atoms with van der Waals surface area (Å²) < 4.78 is 38.2. The van der Waals surface area contributed by atoms with E-state index in [1.807, 2.05) is 19.1 Å². The number of nitrogens with one attached hydrogen (secondary N) is 1. The van der Waals surface area contributed by atoms with Crippen molar-refractivity contribution in [1.82, 2.24) is 0 Å². The molecule has 8 heteroatoms. The molecule has 1 N–H and O–H groups in total. The van der Waals surface area contributed by atoms with E-state index in [1.165, 1.54) is 12.1 Å². The Kier molecular flexibility index (Phi) is 6.02. The number of nitrogens with zero attached hydrogens (tertiary/aromatic N) is 1. The molecule has 0 unspecified atom stereocenters. The number of aryl methyl sites for hydroxylation is 1. The van der Waals surface area contributed by atoms with Gasteiger partial charge in [0.15, 0.2) is 0 Å². The molecule has 0 saturated heterocycles. The Morgan fingerprint density at radius 3 is 2.36 bits per heavy atom. The van der Waals surface area contributed by atoms with Gasteiger partial charge in [0.25, 0.3) is 0 Å². The monoisotopic (exact) mass is 384 g/mol. The zero-order valence-electron chi connectivity index (χ0n) is 13.8. The van der Waals surface area contributed by atoms with Gasteiger partial charge in [0.2, 0.25) is 15.9 Å². The predicted octanol–water partition coefficient (Wildman–Crippen LogP) is 3.45. The molecule has 0 heterocycles. The van der Waals surface area contributed by atoms with Crippen molar-refractivity contribution in [2.45, 2.75) is 13.3 Å². The molecule has 2 aromatic carbocycles. The summed E-state index contributed by atoms with van der Waals surface area (Å²) in [5.74, 6) is -1.19. The fourth-order valence-electron chi connectivity index (χ4n) is 2.19. The summed E-state index contributed by atoms with van der Waals surface area (Å²) in [6.45, 7) is 1.57. The average Bonchev–Trinajstić information content (AvgIpc) is 2.55. The number of benzene rings is 2. The first kappa shape index (κ1) is 19.2. The van der Waals surface area contributed by atoms with E-state index in [-0.39, 0.29) is 10.7 Å². The summed E-state index contributed by atoms with van der Waals surface area (Å²) in [5, 5.41) is 2.42. The maximum Gasteiger partial charge on any atom is 0.245 e. The zero-order chi connectivity index (χ0) is 18.6. The molecule has 0 aliphatic rings. The van der Waals surface area contributed by atoms with Gasteiger partial charge in [-0.3, -0.25) is 9.10 Å². The highest BCUT2D eigenvalue weighted by Crippen LogP contribution is 2.24. The number of carbonyl (C=O) groups is 1. The Bertz CT molecular complexity index is 870. The van der Waals surface area contributed by atoms with E-state index in [4.69, 9.17) is 11.6 Å². The highest BCUT2D eigenvalue weighted by atomic mass is 35.5. The van der Waals surface area contributed by atoms with Crippen LogP contribution in [0.25, 0.3) is 0 Å². The van der Waals surface area contributed by atoms with Gasteiger partial charge in [-0.25, -0.2) is 12.8 Å². The SMILES string of the molecule is CCc1ccc(NC(=O)CN(c2ccc(F)c(Cl)c2)S(C)(=O)=O)cc1. The number of rotatable bonds is 6. The largest absolute Gasteiger partial charge is 0.325 e. The van der Waals surface area contributed by atoms with Gasteiger partial charge < -0.3 is 5.32 Å². The van der Waals surface area contributed by atoms with Crippen LogP contribution >= 0.6 is 11.6 Å². The third kappa shape index (κ3) is 5.17. The Labute approximate surface area is 151 Å². The number of hydrogen-bond donors (Lipinski definition) is 1. The van der Waals surface area contributed by atoms with E-state index in [0.29, 0.717) is 5.69 Å². The van der Waals surface area contributed by atoms with Crippen LogP contribution in [0.5, 0.6) is 0 Å². The van der Waals surface area contributed by atoms with E-state index < -0.39 is 28.3 Å². The van der Waals surface area contributed by atoms with Crippen molar-refractivity contribution in [3.63, 3.8) is 0 Å². The van der Waals surface area contributed by atoms with Gasteiger partial charge in [0, 0.05) is 5.69 Å². The highest BCUT2D eigenvalue weighted by Gasteiger charge is 2.21. The van der Waals surface area contributed by atoms with Crippen LogP contribution in [-0.2, 0) is 21.2 Å². The smallest absolute Gasteiger partial charge is 0.245 e. The standard InChI is InChI=1S/C17H18ClFN2O3S/c1-3-12-4-6-13(7-5-12)20-17(22)11-21(25(2,23)24)14-8-9-16(19)15(18)10-14/h4-10H,3,11H2,1-2H3,(H,20,22). The number of carbonyl (C=O) groups excluding carboxylic acids is 1. The Hall–Kier alpha value is -2.12. The highest BCUT2D eigenvalue weighted by molar-refractivity contribution is 7.92. The van der Waals surface area contributed by atoms with Gasteiger partial charge in [0.05, 0.1) is 17.0 Å². The van der Waals surface area contributed by atoms with Crippen LogP contribution in [0, 0.1) is 5.82 Å². The quantitative estimate of drug-likeness (QED) is 0.829. The first-order chi connectivity index (χ1) is 11.7. The number of anilines is 2. The molecule has 0 aromatic heterocycles. The molecule has 0 atom stereocenters. The van der Waals surface area contributed by atoms with Crippen LogP contribution < -0.4 is 9.62 Å². The molecule has 5 nitrogen and oxygen atoms in total. The van der Waals surface area contributed by atoms with Crippen molar-refractivity contribution in [1.29, 1.82) is 0 Å². The lowest BCUT2D eigenvalue weighted by molar-refractivity contribution is -0.114. The number of sulfonamides is 1. The van der Waals surface area contributed by atoms with Gasteiger partial charge in [-0.05, 0) is 42.3 Å². The topological polar surface area (TPSA) is 66.5 Å². The summed E-state index contributed by atoms with van der Waals surface area (Å²) in [4.78, 5) is 12.2. The van der Waals surface area contributed by atoms with Crippen molar-refractivity contribution in [2.75, 3.05) is 22.4 Å². The molecule has 0 radical (unpaired) electrons. The van der Waals surface area contributed by atoms with E-state index in [1.54, 1.807) is 12.1 Å². The van der Waals surface area contributed by atoms with Crippen molar-refractivity contribution in [3.05, 3.63) is 58.9 Å². The van der Waals surface area contributed by atoms with Gasteiger partial charge in [0.1, 0.15) is 12.4 Å². The number of amides is 1. The minimum absolute atomic E-state index is 0.116. The Morgan fingerprint density at radius 2 is 1.84 bits per heavy atom. The van der Waals surface area contributed by atoms with Gasteiger partial charge in [-0.1, -0.05) is 30.7 Å². The number of halogens is 2. The first-order valence-corrected chi connectivity index (χ1v) is 9.75. The van der Waals surface area contributed by atoms with Crippen LogP contribution in [0.3, 0.4) is 0 Å². The van der Waals surface area contributed by atoms with Crippen molar-refractivity contribution >= 4 is 38.9 Å². The van der Waals surface area contributed by atoms with E-state index in [2.05, 4.69) is 5.32 Å². The van der Waals surface area contributed by atoms with E-state index in [0.717, 1.165) is 28.6 Å². The zero-order valence-corrected chi connectivity index (χ0v) is 15.4. The molecule has 0 fully saturated rings. The maximum atomic E-state index is 13.3. The second-order valence-electron chi connectivity index (χ2n) is 5.47. The third-order valence-electron chi connectivity index (χ3n) is 3.52. The molecule has 0 spiro atoms. The Morgan fingerprint density at radius 1 is 1.20 bits per heavy atom. The molecule has 1 amide bonds. The lowest BCUT2D eigenvalue weighted by Crippen LogP contribution is -2.37.